The molecule has 0 aliphatic carbocycles. The fourth-order valence-electron chi connectivity index (χ4n) is 1.27. The first-order chi connectivity index (χ1) is 8.52. The van der Waals surface area contributed by atoms with E-state index in [1.807, 2.05) is 0 Å². The van der Waals surface area contributed by atoms with Gasteiger partial charge in [-0.25, -0.2) is 13.2 Å². The number of aromatic nitrogens is 2. The summed E-state index contributed by atoms with van der Waals surface area (Å²) in [7, 11) is 0. The minimum absolute atomic E-state index is 0.0855. The van der Waals surface area contributed by atoms with Crippen LogP contribution in [0.2, 0.25) is 0 Å². The van der Waals surface area contributed by atoms with E-state index >= 15 is 0 Å². The summed E-state index contributed by atoms with van der Waals surface area (Å²) in [6.07, 6.45) is 0. The van der Waals surface area contributed by atoms with Gasteiger partial charge in [-0.15, -0.1) is 0 Å². The van der Waals surface area contributed by atoms with E-state index in [0.29, 0.717) is 0 Å². The molecule has 1 aromatic heterocycles. The Labute approximate surface area is 99.0 Å². The molecule has 0 unspecified atom stereocenters. The highest BCUT2D eigenvalue weighted by Gasteiger charge is 2.18. The van der Waals surface area contributed by atoms with Crippen LogP contribution in [-0.4, -0.2) is 21.9 Å². The van der Waals surface area contributed by atoms with Gasteiger partial charge in [0.25, 0.3) is 0 Å². The van der Waals surface area contributed by atoms with Crippen LogP contribution in [0.5, 0.6) is 0 Å². The van der Waals surface area contributed by atoms with E-state index in [1.165, 1.54) is 0 Å². The molecule has 2 aromatic rings. The largest absolute Gasteiger partial charge is 0.394 e. The molecule has 0 spiro atoms. The summed E-state index contributed by atoms with van der Waals surface area (Å²) in [4.78, 5) is 3.74. The van der Waals surface area contributed by atoms with Gasteiger partial charge >= 0.3 is 0 Å². The quantitative estimate of drug-likeness (QED) is 0.807. The highest BCUT2D eigenvalue weighted by molar-refractivity contribution is 5.54. The number of hydrogen-bond donors (Lipinski definition) is 2. The van der Waals surface area contributed by atoms with Gasteiger partial charge in [-0.2, -0.15) is 4.98 Å². The molecule has 3 N–H and O–H groups in total. The molecular formula is C10H8F3N3O2. The molecule has 0 saturated carbocycles. The Kier molecular flexibility index (Phi) is 3.30. The van der Waals surface area contributed by atoms with Crippen LogP contribution in [0.25, 0.3) is 11.4 Å². The second-order valence-corrected chi connectivity index (χ2v) is 3.50. The summed E-state index contributed by atoms with van der Waals surface area (Å²) in [5.41, 5.74) is 5.32. The third-order valence-electron chi connectivity index (χ3n) is 2.20. The van der Waals surface area contributed by atoms with Crippen molar-refractivity contribution in [2.45, 2.75) is 6.04 Å². The lowest BCUT2D eigenvalue weighted by atomic mass is 10.2. The maximum absolute atomic E-state index is 13.0. The number of hydrogen-bond acceptors (Lipinski definition) is 5. The minimum Gasteiger partial charge on any atom is -0.394 e. The Bertz CT molecular complexity index is 550. The van der Waals surface area contributed by atoms with Crippen LogP contribution < -0.4 is 5.73 Å². The number of halogens is 3. The molecular weight excluding hydrogens is 251 g/mol. The Morgan fingerprint density at radius 1 is 1.28 bits per heavy atom. The van der Waals surface area contributed by atoms with Gasteiger partial charge in [0.15, 0.2) is 17.5 Å². The summed E-state index contributed by atoms with van der Waals surface area (Å²) >= 11 is 0. The molecule has 0 amide bonds. The van der Waals surface area contributed by atoms with Crippen LogP contribution in [0.15, 0.2) is 16.7 Å². The van der Waals surface area contributed by atoms with Gasteiger partial charge in [0, 0.05) is 5.56 Å². The SMILES string of the molecule is N[C@H](CO)c1nc(-c2cc(F)c(F)c(F)c2)no1. The van der Waals surface area contributed by atoms with Crippen LogP contribution in [0.3, 0.4) is 0 Å². The summed E-state index contributed by atoms with van der Waals surface area (Å²) in [6, 6.07) is 0.580. The second kappa shape index (κ2) is 4.75. The van der Waals surface area contributed by atoms with Crippen molar-refractivity contribution in [3.8, 4) is 11.4 Å². The lowest BCUT2D eigenvalue weighted by Crippen LogP contribution is -2.14. The zero-order chi connectivity index (χ0) is 13.3. The standard InChI is InChI=1S/C10H8F3N3O2/c11-5-1-4(2-6(12)8(5)13)9-15-10(18-16-9)7(14)3-17/h1-2,7,17H,3,14H2/t7-/m1/s1. The Morgan fingerprint density at radius 3 is 2.44 bits per heavy atom. The van der Waals surface area contributed by atoms with Crippen molar-refractivity contribution in [2.75, 3.05) is 6.61 Å². The average molecular weight is 259 g/mol. The molecule has 2 rings (SSSR count). The smallest absolute Gasteiger partial charge is 0.246 e. The maximum Gasteiger partial charge on any atom is 0.246 e. The van der Waals surface area contributed by atoms with Crippen LogP contribution in [0.4, 0.5) is 13.2 Å². The highest BCUT2D eigenvalue weighted by atomic mass is 19.2. The van der Waals surface area contributed by atoms with Crippen molar-refractivity contribution in [1.29, 1.82) is 0 Å². The van der Waals surface area contributed by atoms with E-state index in [9.17, 15) is 13.2 Å². The number of rotatable bonds is 3. The summed E-state index contributed by atoms with van der Waals surface area (Å²) in [6.45, 7) is -0.423. The molecule has 0 aliphatic rings. The number of nitrogens with two attached hydrogens (primary N) is 1. The molecule has 5 nitrogen and oxygen atoms in total. The summed E-state index contributed by atoms with van der Waals surface area (Å²) < 4.78 is 43.4. The van der Waals surface area contributed by atoms with E-state index in [2.05, 4.69) is 10.1 Å². The Hall–Kier alpha value is -1.93. The van der Waals surface area contributed by atoms with Gasteiger partial charge in [0.2, 0.25) is 11.7 Å². The number of aliphatic hydroxyl groups excluding tert-OH is 1. The van der Waals surface area contributed by atoms with E-state index in [4.69, 9.17) is 15.4 Å². The molecule has 1 atom stereocenters. The normalized spacial score (nSPS) is 12.7. The number of nitrogens with zero attached hydrogens (tertiary/aromatic N) is 2. The number of benzene rings is 1. The van der Waals surface area contributed by atoms with E-state index < -0.39 is 30.1 Å². The van der Waals surface area contributed by atoms with Gasteiger partial charge in [-0.05, 0) is 12.1 Å². The lowest BCUT2D eigenvalue weighted by molar-refractivity contribution is 0.237. The van der Waals surface area contributed by atoms with E-state index in [0.717, 1.165) is 12.1 Å². The summed E-state index contributed by atoms with van der Waals surface area (Å²) in [5.74, 6) is -4.52. The van der Waals surface area contributed by atoms with Gasteiger partial charge in [0.05, 0.1) is 6.61 Å². The van der Waals surface area contributed by atoms with Crippen molar-refractivity contribution < 1.29 is 22.8 Å². The Morgan fingerprint density at radius 2 is 1.89 bits per heavy atom. The van der Waals surface area contributed by atoms with Crippen molar-refractivity contribution in [3.63, 3.8) is 0 Å². The van der Waals surface area contributed by atoms with Crippen LogP contribution >= 0.6 is 0 Å². The molecule has 96 valence electrons. The maximum atomic E-state index is 13.0. The monoisotopic (exact) mass is 259 g/mol. The second-order valence-electron chi connectivity index (χ2n) is 3.50. The van der Waals surface area contributed by atoms with Gasteiger partial charge < -0.3 is 15.4 Å². The number of aliphatic hydroxyl groups is 1. The van der Waals surface area contributed by atoms with Gasteiger partial charge in [-0.3, -0.25) is 0 Å². The minimum atomic E-state index is -1.57. The lowest BCUT2D eigenvalue weighted by Gasteiger charge is -1.99. The average Bonchev–Trinajstić information content (AvgIpc) is 2.84. The van der Waals surface area contributed by atoms with Crippen molar-refractivity contribution in [1.82, 2.24) is 10.1 Å². The molecule has 1 heterocycles. The van der Waals surface area contributed by atoms with Crippen LogP contribution in [-0.2, 0) is 0 Å². The Balaban J connectivity index is 2.40. The van der Waals surface area contributed by atoms with Gasteiger partial charge in [-0.1, -0.05) is 5.16 Å². The van der Waals surface area contributed by atoms with E-state index in [1.54, 1.807) is 0 Å². The topological polar surface area (TPSA) is 85.2 Å². The van der Waals surface area contributed by atoms with Crippen LogP contribution in [0.1, 0.15) is 11.9 Å². The molecule has 0 saturated heterocycles. The predicted octanol–water partition coefficient (Wildman–Crippen LogP) is 1.15. The first kappa shape index (κ1) is 12.5. The molecule has 0 aliphatic heterocycles. The van der Waals surface area contributed by atoms with Gasteiger partial charge in [0.1, 0.15) is 6.04 Å². The molecule has 0 fully saturated rings. The highest BCUT2D eigenvalue weighted by Crippen LogP contribution is 2.22. The van der Waals surface area contributed by atoms with Crippen molar-refractivity contribution >= 4 is 0 Å². The molecule has 0 radical (unpaired) electrons. The fraction of sp³-hybridized carbons (Fsp3) is 0.200. The molecule has 1 aromatic carbocycles. The first-order valence-corrected chi connectivity index (χ1v) is 4.88. The molecule has 18 heavy (non-hydrogen) atoms. The zero-order valence-electron chi connectivity index (χ0n) is 8.90. The first-order valence-electron chi connectivity index (χ1n) is 4.88. The predicted molar refractivity (Wildman–Crippen MR) is 53.6 cm³/mol. The molecule has 0 bridgehead atoms. The zero-order valence-corrected chi connectivity index (χ0v) is 8.90. The third-order valence-corrected chi connectivity index (χ3v) is 2.20. The van der Waals surface area contributed by atoms with E-state index in [-0.39, 0.29) is 17.3 Å². The third kappa shape index (κ3) is 2.20. The van der Waals surface area contributed by atoms with Crippen molar-refractivity contribution in [2.24, 2.45) is 5.73 Å². The molecule has 8 heteroatoms. The van der Waals surface area contributed by atoms with Crippen LogP contribution in [0, 0.1) is 17.5 Å². The van der Waals surface area contributed by atoms with Crippen molar-refractivity contribution in [3.05, 3.63) is 35.5 Å². The fourth-order valence-corrected chi connectivity index (χ4v) is 1.27. The summed E-state index contributed by atoms with van der Waals surface area (Å²) in [5, 5.41) is 12.2.